The van der Waals surface area contributed by atoms with Crippen LogP contribution in [-0.2, 0) is 0 Å². The first kappa shape index (κ1) is 43.0. The fraction of sp³-hybridized carbons (Fsp3) is 0. The molecule has 0 aliphatic rings. The monoisotopic (exact) mass is 430 g/mol. The zero-order chi connectivity index (χ0) is 10.0. The second kappa shape index (κ2) is 63.0. The molecule has 0 nitrogen and oxygen atoms in total. The van der Waals surface area contributed by atoms with E-state index in [9.17, 15) is 0 Å². The van der Waals surface area contributed by atoms with Gasteiger partial charge in [-0.2, -0.15) is 0 Å². The Balaban J connectivity index is -0.00000000500. The molecule has 0 atom stereocenters. The number of hydrogen-bond donors (Lipinski definition) is 0. The Morgan fingerprint density at radius 3 is 0.364 bits per heavy atom. The van der Waals surface area contributed by atoms with E-state index >= 15 is 0 Å². The predicted molar refractivity (Wildman–Crippen MR) is 58.7 cm³/mol. The van der Waals surface area contributed by atoms with Crippen LogP contribution in [0.1, 0.15) is 1.43 Å². The van der Waals surface area contributed by atoms with Crippen LogP contribution in [0.3, 0.4) is 0 Å². The SMILES string of the molecule is [H-].[K+].[K][K].[K][K].[K][K].[K][K].[K][K]. The van der Waals surface area contributed by atoms with Crippen LogP contribution in [0.5, 0.6) is 0 Å². The van der Waals surface area contributed by atoms with E-state index in [-0.39, 0.29) is 52.8 Å². The summed E-state index contributed by atoms with van der Waals surface area (Å²) < 4.78 is 0. The van der Waals surface area contributed by atoms with Gasteiger partial charge in [-0.1, -0.05) is 0 Å². The van der Waals surface area contributed by atoms with Crippen LogP contribution in [-0.4, -0.2) is 316 Å². The molecule has 11 heavy (non-hydrogen) atoms. The molecule has 0 unspecified atom stereocenters. The fourth-order valence-corrected chi connectivity index (χ4v) is 0. The van der Waals surface area contributed by atoms with E-state index in [1.54, 1.807) is 0 Å². The zero-order valence-electron chi connectivity index (χ0n) is 12.0. The van der Waals surface area contributed by atoms with Gasteiger partial charge in [-0.05, 0) is 0 Å². The minimum atomic E-state index is 0. The first-order valence-corrected chi connectivity index (χ1v) is 85.0. The summed E-state index contributed by atoms with van der Waals surface area (Å²) in [6, 6.07) is 0. The molecule has 0 N–H and O–H groups in total. The van der Waals surface area contributed by atoms with E-state index in [1.165, 1.54) is 316 Å². The van der Waals surface area contributed by atoms with Crippen molar-refractivity contribution in [3.63, 3.8) is 0 Å². The van der Waals surface area contributed by atoms with Gasteiger partial charge < -0.3 is 1.43 Å². The van der Waals surface area contributed by atoms with Crippen molar-refractivity contribution in [1.82, 2.24) is 0 Å². The van der Waals surface area contributed by atoms with E-state index < -0.39 is 0 Å². The van der Waals surface area contributed by atoms with Gasteiger partial charge in [0.15, 0.2) is 0 Å². The molecule has 0 aliphatic heterocycles. The molecule has 0 fully saturated rings. The molecule has 12 valence electrons. The van der Waals surface area contributed by atoms with Crippen molar-refractivity contribution in [2.45, 2.75) is 0 Å². The molecule has 0 aromatic rings. The van der Waals surface area contributed by atoms with E-state index in [1.807, 2.05) is 0 Å². The Bertz CT molecular complexity index is 4.97. The molecule has 0 aromatic carbocycles. The maximum atomic E-state index is 1.25. The van der Waals surface area contributed by atoms with Crippen molar-refractivity contribution in [2.75, 3.05) is 0 Å². The average molecular weight is 431 g/mol. The molecule has 0 saturated heterocycles. The molecular formula is HK11. The van der Waals surface area contributed by atoms with E-state index in [4.69, 9.17) is 0 Å². The van der Waals surface area contributed by atoms with Crippen LogP contribution in [0.4, 0.5) is 0 Å². The van der Waals surface area contributed by atoms with Gasteiger partial charge in [-0.3, -0.25) is 0 Å². The van der Waals surface area contributed by atoms with Gasteiger partial charge >= 0.3 is 367 Å². The van der Waals surface area contributed by atoms with Gasteiger partial charge in [0.2, 0.25) is 0 Å². The first-order chi connectivity index (χ1) is 5.00. The van der Waals surface area contributed by atoms with Crippen LogP contribution in [0.25, 0.3) is 0 Å². The van der Waals surface area contributed by atoms with Gasteiger partial charge in [0.05, 0.1) is 0 Å². The fourth-order valence-electron chi connectivity index (χ4n) is 0. The number of rotatable bonds is 0. The van der Waals surface area contributed by atoms with Crippen molar-refractivity contribution >= 4 is 316 Å². The molecular weight excluding hydrogens is 430 g/mol. The third-order valence-corrected chi connectivity index (χ3v) is 0. The molecule has 11 heteroatoms. The van der Waals surface area contributed by atoms with Crippen molar-refractivity contribution < 1.29 is 52.8 Å². The topological polar surface area (TPSA) is 0 Å². The number of hydrogen-bond acceptors (Lipinski definition) is 0. The third kappa shape index (κ3) is 58.4. The van der Waals surface area contributed by atoms with Gasteiger partial charge in [0.1, 0.15) is 0 Å². The van der Waals surface area contributed by atoms with Crippen molar-refractivity contribution in [3.8, 4) is 0 Å². The summed E-state index contributed by atoms with van der Waals surface area (Å²) in [6.07, 6.45) is 0. The Morgan fingerprint density at radius 2 is 0.364 bits per heavy atom. The molecule has 0 saturated carbocycles. The van der Waals surface area contributed by atoms with E-state index in [2.05, 4.69) is 0 Å². The molecule has 0 heterocycles. The van der Waals surface area contributed by atoms with Gasteiger partial charge in [-0.15, -0.1) is 0 Å². The first-order valence-electron chi connectivity index (χ1n) is 5.00. The predicted octanol–water partition coefficient (Wildman–Crippen LogP) is -6.69. The molecule has 0 aliphatic carbocycles. The zero-order valence-corrected chi connectivity index (χ0v) is 45.4. The van der Waals surface area contributed by atoms with Crippen LogP contribution < -0.4 is 51.4 Å². The van der Waals surface area contributed by atoms with Crippen LogP contribution in [0.2, 0.25) is 0 Å². The molecule has 0 amide bonds. The summed E-state index contributed by atoms with van der Waals surface area (Å²) in [7, 11) is 0. The maximum absolute atomic E-state index is 1.25. The second-order valence-electron chi connectivity index (χ2n) is 0. The van der Waals surface area contributed by atoms with Crippen LogP contribution >= 0.6 is 0 Å². The molecule has 0 rings (SSSR count). The minimum absolute atomic E-state index is 0. The second-order valence-corrected chi connectivity index (χ2v) is 0. The summed E-state index contributed by atoms with van der Waals surface area (Å²) in [6.45, 7) is 0. The summed E-state index contributed by atoms with van der Waals surface area (Å²) in [5.41, 5.74) is 0. The van der Waals surface area contributed by atoms with Gasteiger partial charge in [0, 0.05) is 0 Å². The molecule has 0 bridgehead atoms. The molecule has 0 radical (unpaired) electrons. The Labute approximate surface area is 343 Å². The summed E-state index contributed by atoms with van der Waals surface area (Å²) in [4.78, 5) is 0. The van der Waals surface area contributed by atoms with Gasteiger partial charge in [-0.25, -0.2) is 0 Å². The third-order valence-electron chi connectivity index (χ3n) is 0. The Hall–Kier alpha value is 18.0. The summed E-state index contributed by atoms with van der Waals surface area (Å²) >= 11 is 12.5. The Kier molecular flexibility index (Phi) is 246. The van der Waals surface area contributed by atoms with Gasteiger partial charge in [0.25, 0.3) is 0 Å². The normalized spacial score (nSPS) is 3.64. The van der Waals surface area contributed by atoms with Crippen molar-refractivity contribution in [2.24, 2.45) is 0 Å². The quantitative estimate of drug-likeness (QED) is 0.335. The summed E-state index contributed by atoms with van der Waals surface area (Å²) in [5.74, 6) is 0. The summed E-state index contributed by atoms with van der Waals surface area (Å²) in [5, 5.41) is 0. The van der Waals surface area contributed by atoms with Crippen molar-refractivity contribution in [3.05, 3.63) is 0 Å². The van der Waals surface area contributed by atoms with Crippen LogP contribution in [0, 0.1) is 0 Å². The molecule has 0 spiro atoms. The van der Waals surface area contributed by atoms with E-state index in [0.717, 1.165) is 0 Å². The standard InChI is InChI=1S/11K.H/q;;;;;;;;;;+1;-1. The van der Waals surface area contributed by atoms with Crippen LogP contribution in [0.15, 0.2) is 0 Å². The molecule has 0 aromatic heterocycles. The van der Waals surface area contributed by atoms with Crippen molar-refractivity contribution in [1.29, 1.82) is 0 Å². The average Bonchev–Trinajstić information content (AvgIpc) is 2.20. The van der Waals surface area contributed by atoms with E-state index in [0.29, 0.717) is 0 Å². The Morgan fingerprint density at radius 1 is 0.364 bits per heavy atom.